The number of sulfonamides is 1. The molecule has 1 fully saturated rings. The monoisotopic (exact) mass is 474 g/mol. The molecule has 4 aromatic rings. The quantitative estimate of drug-likeness (QED) is 0.314. The fraction of sp³-hybridized carbons (Fsp3) is 0.222. The van der Waals surface area contributed by atoms with Crippen molar-refractivity contribution >= 4 is 37.9 Å². The highest BCUT2D eigenvalue weighted by Crippen LogP contribution is 2.41. The van der Waals surface area contributed by atoms with Crippen LogP contribution in [0.4, 0.5) is 6.01 Å². The van der Waals surface area contributed by atoms with Crippen LogP contribution >= 0.6 is 0 Å². The first-order valence-electron chi connectivity index (χ1n) is 9.55. The van der Waals surface area contributed by atoms with Crippen LogP contribution in [0.25, 0.3) is 33.6 Å². The molecular weight excluding hydrogens is 456 g/mol. The number of benzene rings is 2. The van der Waals surface area contributed by atoms with E-state index in [4.69, 9.17) is 15.3 Å². The van der Waals surface area contributed by atoms with Gasteiger partial charge in [0.05, 0.1) is 26.5 Å². The zero-order valence-corrected chi connectivity index (χ0v) is 18.1. The molecule has 2 aromatic heterocycles. The zero-order valence-electron chi connectivity index (χ0n) is 16.5. The number of primary sulfonamides is 1. The van der Waals surface area contributed by atoms with Gasteiger partial charge in [-0.1, -0.05) is 18.2 Å². The second kappa shape index (κ2) is 7.74. The number of nitrogens with two attached hydrogens (primary N) is 2. The average Bonchev–Trinajstić information content (AvgIpc) is 3.52. The Morgan fingerprint density at radius 3 is 2.72 bits per heavy atom. The summed E-state index contributed by atoms with van der Waals surface area (Å²) in [6, 6.07) is 8.26. The molecule has 2 atom stereocenters. The van der Waals surface area contributed by atoms with E-state index in [0.29, 0.717) is 41.7 Å². The standard InChI is InChI=1S/C18H18N8O4S2/c19-18-22-15-11(2-1-3-12(15)30-18)10-4-5-13(31(27)9-6-7-21-8-9)16(32(20,28)29)14(10)17-23-25-26-24-17/h1-5,9,21H,6-8H2,(H2,19,22)(H2,20,28,29)(H,23,24,25,26)/t9-,31?/m0/s1. The van der Waals surface area contributed by atoms with E-state index < -0.39 is 20.8 Å². The molecule has 1 aliphatic heterocycles. The smallest absolute Gasteiger partial charge is 0.293 e. The van der Waals surface area contributed by atoms with Crippen molar-refractivity contribution in [1.82, 2.24) is 30.9 Å². The number of tetrazole rings is 1. The van der Waals surface area contributed by atoms with E-state index >= 15 is 0 Å². The van der Waals surface area contributed by atoms with Crippen molar-refractivity contribution < 1.29 is 17.0 Å². The number of fused-ring (bicyclic) bond motifs is 1. The van der Waals surface area contributed by atoms with E-state index in [9.17, 15) is 12.6 Å². The topological polar surface area (TPSA) is 196 Å². The Balaban J connectivity index is 1.85. The molecule has 1 unspecified atom stereocenters. The molecule has 12 nitrogen and oxygen atoms in total. The first-order chi connectivity index (χ1) is 15.3. The van der Waals surface area contributed by atoms with E-state index in [1.54, 1.807) is 24.3 Å². The molecule has 0 saturated carbocycles. The van der Waals surface area contributed by atoms with Gasteiger partial charge in [0.25, 0.3) is 6.01 Å². The summed E-state index contributed by atoms with van der Waals surface area (Å²) in [6.45, 7) is 1.21. The molecule has 6 N–H and O–H groups in total. The van der Waals surface area contributed by atoms with Crippen LogP contribution in [0.2, 0.25) is 0 Å². The van der Waals surface area contributed by atoms with Gasteiger partial charge in [-0.2, -0.15) is 10.2 Å². The van der Waals surface area contributed by atoms with Gasteiger partial charge in [0.2, 0.25) is 15.8 Å². The average molecular weight is 475 g/mol. The molecule has 14 heteroatoms. The number of nitrogens with one attached hydrogen (secondary N) is 2. The second-order valence-electron chi connectivity index (χ2n) is 7.21. The van der Waals surface area contributed by atoms with Crippen LogP contribution in [0.5, 0.6) is 0 Å². The number of oxazole rings is 1. The Labute approximate surface area is 184 Å². The van der Waals surface area contributed by atoms with Crippen LogP contribution in [0.3, 0.4) is 0 Å². The normalized spacial score (nSPS) is 17.7. The fourth-order valence-electron chi connectivity index (χ4n) is 3.89. The number of rotatable bonds is 5. The van der Waals surface area contributed by atoms with Crippen LogP contribution in [0, 0.1) is 0 Å². The predicted molar refractivity (Wildman–Crippen MR) is 116 cm³/mol. The lowest BCUT2D eigenvalue weighted by Gasteiger charge is -2.17. The van der Waals surface area contributed by atoms with Crippen molar-refractivity contribution in [2.45, 2.75) is 21.5 Å². The summed E-state index contributed by atoms with van der Waals surface area (Å²) in [5.41, 5.74) is 7.56. The maximum atomic E-state index is 13.3. The minimum absolute atomic E-state index is 0.0131. The minimum Gasteiger partial charge on any atom is -0.424 e. The molecular formula is C18H18N8O4S2. The molecule has 0 radical (unpaired) electrons. The Morgan fingerprint density at radius 2 is 2.03 bits per heavy atom. The Hall–Kier alpha value is -3.20. The Morgan fingerprint density at radius 1 is 1.19 bits per heavy atom. The lowest BCUT2D eigenvalue weighted by Crippen LogP contribution is -2.23. The first kappa shape index (κ1) is 20.7. The van der Waals surface area contributed by atoms with Crippen LogP contribution in [-0.4, -0.2) is 56.6 Å². The van der Waals surface area contributed by atoms with Gasteiger partial charge >= 0.3 is 0 Å². The third-order valence-corrected chi connectivity index (χ3v) is 8.14. The van der Waals surface area contributed by atoms with E-state index in [1.807, 2.05) is 0 Å². The molecule has 2 aromatic carbocycles. The first-order valence-corrected chi connectivity index (χ1v) is 12.3. The van der Waals surface area contributed by atoms with Crippen LogP contribution in [-0.2, 0) is 20.8 Å². The summed E-state index contributed by atoms with van der Waals surface area (Å²) in [5, 5.41) is 22.4. The fourth-order valence-corrected chi connectivity index (χ4v) is 6.77. The van der Waals surface area contributed by atoms with Gasteiger partial charge in [0.15, 0.2) is 5.58 Å². The molecule has 166 valence electrons. The Kier molecular flexibility index (Phi) is 5.00. The molecule has 0 spiro atoms. The summed E-state index contributed by atoms with van der Waals surface area (Å²) in [6.07, 6.45) is 0.646. The van der Waals surface area contributed by atoms with Crippen molar-refractivity contribution in [2.24, 2.45) is 5.14 Å². The molecule has 5 rings (SSSR count). The third kappa shape index (κ3) is 3.46. The maximum Gasteiger partial charge on any atom is 0.293 e. The molecule has 0 aliphatic carbocycles. The number of aromatic nitrogens is 5. The highest BCUT2D eigenvalue weighted by Gasteiger charge is 2.32. The van der Waals surface area contributed by atoms with E-state index in [1.165, 1.54) is 6.07 Å². The van der Waals surface area contributed by atoms with Crippen molar-refractivity contribution in [3.05, 3.63) is 30.3 Å². The van der Waals surface area contributed by atoms with E-state index in [0.717, 1.165) is 0 Å². The molecule has 1 saturated heterocycles. The van der Waals surface area contributed by atoms with Crippen LogP contribution in [0.15, 0.2) is 44.5 Å². The maximum absolute atomic E-state index is 13.3. The Bertz CT molecular complexity index is 1440. The number of hydrogen-bond acceptors (Lipinski definition) is 10. The van der Waals surface area contributed by atoms with Gasteiger partial charge in [0, 0.05) is 12.1 Å². The minimum atomic E-state index is -4.35. The van der Waals surface area contributed by atoms with Gasteiger partial charge in [-0.15, -0.1) is 10.2 Å². The summed E-state index contributed by atoms with van der Waals surface area (Å²) in [7, 11) is -5.99. The van der Waals surface area contributed by atoms with Gasteiger partial charge in [-0.25, -0.2) is 13.6 Å². The number of nitrogen functional groups attached to an aromatic ring is 1. The molecule has 32 heavy (non-hydrogen) atoms. The highest BCUT2D eigenvalue weighted by molar-refractivity contribution is 7.91. The third-order valence-electron chi connectivity index (χ3n) is 5.24. The number of para-hydroxylation sites is 1. The van der Waals surface area contributed by atoms with Crippen molar-refractivity contribution in [3.63, 3.8) is 0 Å². The number of H-pyrrole nitrogens is 1. The van der Waals surface area contributed by atoms with Gasteiger partial charge in [-0.3, -0.25) is 4.21 Å². The van der Waals surface area contributed by atoms with Crippen LogP contribution in [0.1, 0.15) is 6.42 Å². The molecule has 0 amide bonds. The molecule has 3 heterocycles. The summed E-state index contributed by atoms with van der Waals surface area (Å²) >= 11 is 0. The zero-order chi connectivity index (χ0) is 22.5. The molecule has 0 bridgehead atoms. The SMILES string of the molecule is Nc1nc2c(-c3ccc(S(=O)[C@H]4CCNC4)c(S(N)(=O)=O)c3-c3nn[nH]n3)cccc2o1. The van der Waals surface area contributed by atoms with Crippen molar-refractivity contribution in [1.29, 1.82) is 0 Å². The number of anilines is 1. The largest absolute Gasteiger partial charge is 0.424 e. The second-order valence-corrected chi connectivity index (χ2v) is 10.4. The van der Waals surface area contributed by atoms with E-state index in [-0.39, 0.29) is 32.4 Å². The number of hydrogen-bond donors (Lipinski definition) is 4. The highest BCUT2D eigenvalue weighted by atomic mass is 32.2. The van der Waals surface area contributed by atoms with Crippen LogP contribution < -0.4 is 16.2 Å². The van der Waals surface area contributed by atoms with Crippen molar-refractivity contribution in [3.8, 4) is 22.5 Å². The lowest BCUT2D eigenvalue weighted by molar-refractivity contribution is 0.595. The predicted octanol–water partition coefficient (Wildman–Crippen LogP) is 0.374. The van der Waals surface area contributed by atoms with Crippen molar-refractivity contribution in [2.75, 3.05) is 18.8 Å². The van der Waals surface area contributed by atoms with Gasteiger partial charge in [-0.05, 0) is 35.9 Å². The number of aromatic amines is 1. The van der Waals surface area contributed by atoms with Gasteiger partial charge in [0.1, 0.15) is 10.4 Å². The summed E-state index contributed by atoms with van der Waals surface area (Å²) < 4.78 is 44.4. The number of nitrogens with zero attached hydrogens (tertiary/aromatic N) is 4. The van der Waals surface area contributed by atoms with E-state index in [2.05, 4.69) is 30.9 Å². The lowest BCUT2D eigenvalue weighted by atomic mass is 9.98. The summed E-state index contributed by atoms with van der Waals surface area (Å²) in [5.74, 6) is -0.0131. The summed E-state index contributed by atoms with van der Waals surface area (Å²) in [4.78, 5) is 4.01. The van der Waals surface area contributed by atoms with Gasteiger partial charge < -0.3 is 15.5 Å². The molecule has 1 aliphatic rings.